The molecular weight excluding hydrogens is 525 g/mol. The summed E-state index contributed by atoms with van der Waals surface area (Å²) in [6, 6.07) is 18.8. The van der Waals surface area contributed by atoms with Crippen molar-refractivity contribution >= 4 is 29.2 Å². The van der Waals surface area contributed by atoms with Gasteiger partial charge in [0.1, 0.15) is 5.82 Å². The largest absolute Gasteiger partial charge is 0.493 e. The summed E-state index contributed by atoms with van der Waals surface area (Å²) in [5.41, 5.74) is 2.74. The van der Waals surface area contributed by atoms with Gasteiger partial charge in [-0.15, -0.1) is 0 Å². The fourth-order valence-electron chi connectivity index (χ4n) is 4.22. The first-order valence-electron chi connectivity index (χ1n) is 13.1. The van der Waals surface area contributed by atoms with Crippen molar-refractivity contribution in [2.75, 3.05) is 44.6 Å². The first-order chi connectivity index (χ1) is 19.8. The molecule has 4 rings (SSSR count). The maximum absolute atomic E-state index is 14.7. The predicted molar refractivity (Wildman–Crippen MR) is 157 cm³/mol. The number of aryl methyl sites for hydroxylation is 2. The Morgan fingerprint density at radius 1 is 0.951 bits per heavy atom. The highest BCUT2D eigenvalue weighted by Crippen LogP contribution is 2.34. The molecule has 1 aromatic heterocycles. The summed E-state index contributed by atoms with van der Waals surface area (Å²) in [7, 11) is 5.46. The fourth-order valence-corrected chi connectivity index (χ4v) is 4.22. The Morgan fingerprint density at radius 3 is 2.37 bits per heavy atom. The number of nitrogens with zero attached hydrogens (tertiary/aromatic N) is 4. The molecule has 214 valence electrons. The fraction of sp³-hybridized carbons (Fsp3) is 0.258. The third-order valence-electron chi connectivity index (χ3n) is 6.18. The van der Waals surface area contributed by atoms with Gasteiger partial charge in [-0.25, -0.2) is 19.1 Å². The maximum Gasteiger partial charge on any atom is 0.425 e. The number of anilines is 4. The third-order valence-corrected chi connectivity index (χ3v) is 6.18. The Morgan fingerprint density at radius 2 is 1.68 bits per heavy atom. The molecule has 0 radical (unpaired) electrons. The second-order valence-corrected chi connectivity index (χ2v) is 9.61. The van der Waals surface area contributed by atoms with Crippen LogP contribution in [0.1, 0.15) is 17.5 Å². The van der Waals surface area contributed by atoms with Gasteiger partial charge in [-0.2, -0.15) is 4.98 Å². The first-order valence-corrected chi connectivity index (χ1v) is 13.1. The molecule has 0 spiro atoms. The van der Waals surface area contributed by atoms with E-state index >= 15 is 0 Å². The zero-order valence-corrected chi connectivity index (χ0v) is 23.8. The van der Waals surface area contributed by atoms with Gasteiger partial charge in [-0.1, -0.05) is 30.3 Å². The van der Waals surface area contributed by atoms with E-state index in [4.69, 9.17) is 14.2 Å². The summed E-state index contributed by atoms with van der Waals surface area (Å²) in [5, 5.41) is 3.01. The summed E-state index contributed by atoms with van der Waals surface area (Å²) in [6.45, 7) is 5.06. The third kappa shape index (κ3) is 7.49. The molecule has 0 bridgehead atoms. The lowest BCUT2D eigenvalue weighted by molar-refractivity contribution is 0.208. The summed E-state index contributed by atoms with van der Waals surface area (Å²) in [5.74, 6) is 0.782. The van der Waals surface area contributed by atoms with Crippen molar-refractivity contribution in [3.63, 3.8) is 0 Å². The molecule has 3 aromatic carbocycles. The number of nitrogens with one attached hydrogen (secondary N) is 1. The van der Waals surface area contributed by atoms with Crippen molar-refractivity contribution in [3.05, 3.63) is 89.9 Å². The highest BCUT2D eigenvalue weighted by molar-refractivity contribution is 5.98. The number of carbonyl (C=O) groups excluding carboxylic acids is 1. The van der Waals surface area contributed by atoms with E-state index in [-0.39, 0.29) is 23.3 Å². The van der Waals surface area contributed by atoms with Crippen molar-refractivity contribution in [2.24, 2.45) is 0 Å². The normalized spacial score (nSPS) is 10.8. The molecule has 1 N–H and O–H groups in total. The minimum atomic E-state index is -0.682. The molecule has 0 saturated heterocycles. The molecule has 0 unspecified atom stereocenters. The SMILES string of the molecule is COc1ccccc1OC(=O)N(c1ccnc(Nc2ccc(OCCCN(C)C)c(F)c2)n1)c1c(C)cccc1C. The lowest BCUT2D eigenvalue weighted by atomic mass is 10.1. The number of methoxy groups -OCH3 is 1. The van der Waals surface area contributed by atoms with Crippen LogP contribution in [-0.4, -0.2) is 55.3 Å². The Bertz CT molecular complexity index is 1480. The minimum Gasteiger partial charge on any atom is -0.493 e. The van der Waals surface area contributed by atoms with Gasteiger partial charge in [0, 0.05) is 30.6 Å². The van der Waals surface area contributed by atoms with Gasteiger partial charge in [-0.3, -0.25) is 0 Å². The Labute approximate surface area is 239 Å². The second-order valence-electron chi connectivity index (χ2n) is 9.61. The average molecular weight is 560 g/mol. The van der Waals surface area contributed by atoms with Crippen molar-refractivity contribution in [2.45, 2.75) is 20.3 Å². The molecule has 0 atom stereocenters. The molecule has 0 fully saturated rings. The number of halogens is 1. The molecule has 0 aliphatic rings. The molecular formula is C31H34FN5O4. The standard InChI is InChI=1S/C31H34FN5O4/c1-21-10-8-11-22(2)29(21)37(31(38)41-27-13-7-6-12-26(27)39-5)28-16-17-33-30(35-28)34-23-14-15-25(24(32)20-23)40-19-9-18-36(3)4/h6-8,10-17,20H,9,18-19H2,1-5H3,(H,33,34,35). The summed E-state index contributed by atoms with van der Waals surface area (Å²) >= 11 is 0. The number of rotatable bonds is 11. The molecule has 0 saturated carbocycles. The molecule has 10 heteroatoms. The molecule has 0 aliphatic heterocycles. The number of ether oxygens (including phenoxy) is 3. The van der Waals surface area contributed by atoms with Gasteiger partial charge in [0.2, 0.25) is 5.95 Å². The number of hydrogen-bond donors (Lipinski definition) is 1. The van der Waals surface area contributed by atoms with E-state index < -0.39 is 11.9 Å². The summed E-state index contributed by atoms with van der Waals surface area (Å²) < 4.78 is 31.4. The zero-order chi connectivity index (χ0) is 29.4. The van der Waals surface area contributed by atoms with Crippen molar-refractivity contribution in [1.82, 2.24) is 14.9 Å². The quantitative estimate of drug-likeness (QED) is 0.204. The van der Waals surface area contributed by atoms with Crippen LogP contribution in [0.2, 0.25) is 0 Å². The van der Waals surface area contributed by atoms with E-state index in [1.165, 1.54) is 24.3 Å². The zero-order valence-electron chi connectivity index (χ0n) is 23.8. The predicted octanol–water partition coefficient (Wildman–Crippen LogP) is 6.65. The van der Waals surface area contributed by atoms with E-state index in [9.17, 15) is 9.18 Å². The number of para-hydroxylation sites is 3. The molecule has 1 amide bonds. The number of hydrogen-bond acceptors (Lipinski definition) is 8. The number of amides is 1. The number of benzene rings is 3. The molecule has 1 heterocycles. The van der Waals surface area contributed by atoms with Crippen LogP contribution in [-0.2, 0) is 0 Å². The molecule has 9 nitrogen and oxygen atoms in total. The Kier molecular flexibility index (Phi) is 9.70. The molecule has 41 heavy (non-hydrogen) atoms. The van der Waals surface area contributed by atoms with Gasteiger partial charge in [0.25, 0.3) is 0 Å². The van der Waals surface area contributed by atoms with Crippen LogP contribution in [0.3, 0.4) is 0 Å². The molecule has 0 aliphatic carbocycles. The van der Waals surface area contributed by atoms with Crippen LogP contribution in [0.4, 0.5) is 32.3 Å². The van der Waals surface area contributed by atoms with E-state index in [0.29, 0.717) is 23.7 Å². The van der Waals surface area contributed by atoms with Gasteiger partial charge in [0.15, 0.2) is 23.1 Å². The van der Waals surface area contributed by atoms with Crippen LogP contribution in [0.15, 0.2) is 72.9 Å². The summed E-state index contributed by atoms with van der Waals surface area (Å²) in [4.78, 5) is 26.0. The van der Waals surface area contributed by atoms with E-state index in [2.05, 4.69) is 15.3 Å². The maximum atomic E-state index is 14.7. The van der Waals surface area contributed by atoms with Crippen LogP contribution < -0.4 is 24.4 Å². The van der Waals surface area contributed by atoms with Gasteiger partial charge in [-0.05, 0) is 69.8 Å². The minimum absolute atomic E-state index is 0.169. The van der Waals surface area contributed by atoms with Crippen LogP contribution in [0, 0.1) is 19.7 Å². The molecule has 4 aromatic rings. The number of carbonyl (C=O) groups is 1. The Balaban J connectivity index is 1.60. The van der Waals surface area contributed by atoms with E-state index in [0.717, 1.165) is 24.1 Å². The lowest BCUT2D eigenvalue weighted by Crippen LogP contribution is -2.31. The lowest BCUT2D eigenvalue weighted by Gasteiger charge is -2.25. The topological polar surface area (TPSA) is 89.0 Å². The van der Waals surface area contributed by atoms with Crippen molar-refractivity contribution in [1.29, 1.82) is 0 Å². The van der Waals surface area contributed by atoms with E-state index in [1.54, 1.807) is 42.5 Å². The van der Waals surface area contributed by atoms with Crippen LogP contribution >= 0.6 is 0 Å². The highest BCUT2D eigenvalue weighted by Gasteiger charge is 2.26. The van der Waals surface area contributed by atoms with E-state index in [1.807, 2.05) is 51.0 Å². The van der Waals surface area contributed by atoms with Crippen LogP contribution in [0.5, 0.6) is 17.2 Å². The van der Waals surface area contributed by atoms with Crippen LogP contribution in [0.25, 0.3) is 0 Å². The summed E-state index contributed by atoms with van der Waals surface area (Å²) in [6.07, 6.45) is 1.61. The highest BCUT2D eigenvalue weighted by atomic mass is 19.1. The number of aromatic nitrogens is 2. The monoisotopic (exact) mass is 559 g/mol. The van der Waals surface area contributed by atoms with Gasteiger partial charge >= 0.3 is 6.09 Å². The van der Waals surface area contributed by atoms with Gasteiger partial charge < -0.3 is 24.4 Å². The second kappa shape index (κ2) is 13.6. The van der Waals surface area contributed by atoms with Crippen molar-refractivity contribution < 1.29 is 23.4 Å². The first kappa shape index (κ1) is 29.3. The van der Waals surface area contributed by atoms with Crippen molar-refractivity contribution in [3.8, 4) is 17.2 Å². The van der Waals surface area contributed by atoms with Gasteiger partial charge in [0.05, 0.1) is 19.4 Å². The average Bonchev–Trinajstić information content (AvgIpc) is 2.94. The smallest absolute Gasteiger partial charge is 0.425 e. The Hall–Kier alpha value is -4.70.